The number of rotatable bonds is 6. The van der Waals surface area contributed by atoms with Crippen molar-refractivity contribution in [2.45, 2.75) is 31.0 Å². The van der Waals surface area contributed by atoms with E-state index in [9.17, 15) is 18.0 Å². The topological polar surface area (TPSA) is 50.4 Å². The van der Waals surface area contributed by atoms with Crippen molar-refractivity contribution < 1.29 is 22.7 Å². The molecule has 0 heterocycles. The third-order valence-corrected chi connectivity index (χ3v) is 2.92. The van der Waals surface area contributed by atoms with Gasteiger partial charge in [0.2, 0.25) is 5.91 Å². The summed E-state index contributed by atoms with van der Waals surface area (Å²) in [5.41, 5.74) is -0.232. The number of alkyl halides is 3. The summed E-state index contributed by atoms with van der Waals surface area (Å²) >= 11 is 0. The van der Waals surface area contributed by atoms with E-state index in [1.54, 1.807) is 12.4 Å². The number of ether oxygens (including phenoxy) is 1. The highest BCUT2D eigenvalue weighted by Crippen LogP contribution is 2.34. The highest BCUT2D eigenvalue weighted by Gasteiger charge is 2.36. The van der Waals surface area contributed by atoms with Crippen molar-refractivity contribution in [2.75, 3.05) is 26.7 Å². The van der Waals surface area contributed by atoms with Crippen molar-refractivity contribution in [3.8, 4) is 0 Å². The molecular weight excluding hydrogens is 237 g/mol. The van der Waals surface area contributed by atoms with E-state index in [1.807, 2.05) is 0 Å². The van der Waals surface area contributed by atoms with Crippen LogP contribution in [0.3, 0.4) is 0 Å². The summed E-state index contributed by atoms with van der Waals surface area (Å²) in [6.07, 6.45) is -1.45. The molecule has 1 aliphatic carbocycles. The Morgan fingerprint density at radius 2 is 2.06 bits per heavy atom. The summed E-state index contributed by atoms with van der Waals surface area (Å²) < 4.78 is 40.7. The quantitative estimate of drug-likeness (QED) is 0.738. The van der Waals surface area contributed by atoms with E-state index in [4.69, 9.17) is 4.74 Å². The molecule has 0 atom stereocenters. The Morgan fingerprint density at radius 1 is 1.41 bits per heavy atom. The Hall–Kier alpha value is -0.820. The van der Waals surface area contributed by atoms with E-state index in [-0.39, 0.29) is 12.1 Å². The minimum absolute atomic E-state index is 0.124. The first-order valence-electron chi connectivity index (χ1n) is 5.46. The summed E-state index contributed by atoms with van der Waals surface area (Å²) in [4.78, 5) is 11.1. The van der Waals surface area contributed by atoms with Gasteiger partial charge in [-0.05, 0) is 19.3 Å². The molecule has 4 nitrogen and oxygen atoms in total. The maximum atomic E-state index is 11.8. The van der Waals surface area contributed by atoms with Gasteiger partial charge in [-0.15, -0.1) is 0 Å². The SMILES string of the molecule is COC1(CNCC(=O)NCC(F)(F)F)CCC1. The minimum atomic E-state index is -4.36. The van der Waals surface area contributed by atoms with Gasteiger partial charge in [-0.3, -0.25) is 4.79 Å². The number of methoxy groups -OCH3 is 1. The molecule has 1 saturated carbocycles. The molecule has 0 radical (unpaired) electrons. The molecule has 100 valence electrons. The fourth-order valence-electron chi connectivity index (χ4n) is 1.69. The van der Waals surface area contributed by atoms with Crippen molar-refractivity contribution in [1.29, 1.82) is 0 Å². The number of hydrogen-bond donors (Lipinski definition) is 2. The van der Waals surface area contributed by atoms with Gasteiger partial charge in [0, 0.05) is 13.7 Å². The Bertz CT molecular complexity index is 259. The van der Waals surface area contributed by atoms with Crippen LogP contribution in [-0.4, -0.2) is 44.4 Å². The predicted molar refractivity (Wildman–Crippen MR) is 55.5 cm³/mol. The van der Waals surface area contributed by atoms with E-state index >= 15 is 0 Å². The van der Waals surface area contributed by atoms with Gasteiger partial charge < -0.3 is 15.4 Å². The molecule has 1 aliphatic rings. The van der Waals surface area contributed by atoms with Gasteiger partial charge in [-0.25, -0.2) is 0 Å². The van der Waals surface area contributed by atoms with Crippen LogP contribution in [0.15, 0.2) is 0 Å². The largest absolute Gasteiger partial charge is 0.405 e. The molecule has 0 unspecified atom stereocenters. The number of carbonyl (C=O) groups is 1. The lowest BCUT2D eigenvalue weighted by Crippen LogP contribution is -2.50. The first kappa shape index (κ1) is 14.2. The van der Waals surface area contributed by atoms with E-state index in [1.165, 1.54) is 0 Å². The van der Waals surface area contributed by atoms with Gasteiger partial charge >= 0.3 is 6.18 Å². The van der Waals surface area contributed by atoms with Crippen LogP contribution in [0.5, 0.6) is 0 Å². The molecule has 1 amide bonds. The van der Waals surface area contributed by atoms with E-state index in [0.717, 1.165) is 19.3 Å². The Balaban J connectivity index is 2.12. The molecule has 1 fully saturated rings. The molecule has 0 saturated heterocycles. The molecular formula is C10H17F3N2O2. The monoisotopic (exact) mass is 254 g/mol. The molecule has 0 bridgehead atoms. The zero-order chi connectivity index (χ0) is 12.9. The lowest BCUT2D eigenvalue weighted by molar-refractivity contribution is -0.138. The van der Waals surface area contributed by atoms with Gasteiger partial charge in [0.1, 0.15) is 6.54 Å². The van der Waals surface area contributed by atoms with E-state index in [0.29, 0.717) is 6.54 Å². The summed E-state index contributed by atoms with van der Waals surface area (Å²) in [6.45, 7) is -0.924. The van der Waals surface area contributed by atoms with Crippen molar-refractivity contribution in [3.05, 3.63) is 0 Å². The summed E-state index contributed by atoms with van der Waals surface area (Å²) in [5.74, 6) is -0.659. The Morgan fingerprint density at radius 3 is 2.47 bits per heavy atom. The van der Waals surface area contributed by atoms with Gasteiger partial charge in [-0.1, -0.05) is 0 Å². The van der Waals surface area contributed by atoms with Crippen molar-refractivity contribution in [1.82, 2.24) is 10.6 Å². The minimum Gasteiger partial charge on any atom is -0.377 e. The van der Waals surface area contributed by atoms with Crippen LogP contribution in [0, 0.1) is 0 Å². The van der Waals surface area contributed by atoms with Crippen LogP contribution < -0.4 is 10.6 Å². The van der Waals surface area contributed by atoms with Crippen molar-refractivity contribution in [3.63, 3.8) is 0 Å². The molecule has 0 aromatic carbocycles. The average molecular weight is 254 g/mol. The Labute approximate surface area is 97.9 Å². The van der Waals surface area contributed by atoms with Crippen molar-refractivity contribution in [2.24, 2.45) is 0 Å². The zero-order valence-electron chi connectivity index (χ0n) is 9.69. The summed E-state index contributed by atoms with van der Waals surface area (Å²) in [7, 11) is 1.60. The van der Waals surface area contributed by atoms with Gasteiger partial charge in [0.05, 0.1) is 12.1 Å². The highest BCUT2D eigenvalue weighted by atomic mass is 19.4. The molecule has 0 aliphatic heterocycles. The second-order valence-electron chi connectivity index (χ2n) is 4.24. The van der Waals surface area contributed by atoms with Crippen LogP contribution in [0.4, 0.5) is 13.2 Å². The van der Waals surface area contributed by atoms with Crippen LogP contribution in [-0.2, 0) is 9.53 Å². The van der Waals surface area contributed by atoms with Crippen LogP contribution in [0.1, 0.15) is 19.3 Å². The Kier molecular flexibility index (Phi) is 4.76. The van der Waals surface area contributed by atoms with Crippen molar-refractivity contribution >= 4 is 5.91 Å². The van der Waals surface area contributed by atoms with Crippen LogP contribution in [0.2, 0.25) is 0 Å². The molecule has 0 aromatic rings. The van der Waals surface area contributed by atoms with E-state index < -0.39 is 18.6 Å². The second-order valence-corrected chi connectivity index (χ2v) is 4.24. The third kappa shape index (κ3) is 4.91. The first-order valence-corrected chi connectivity index (χ1v) is 5.46. The fraction of sp³-hybridized carbons (Fsp3) is 0.900. The maximum absolute atomic E-state index is 11.8. The normalized spacial score (nSPS) is 18.6. The number of carbonyl (C=O) groups excluding carboxylic acids is 1. The molecule has 0 spiro atoms. The zero-order valence-corrected chi connectivity index (χ0v) is 9.69. The maximum Gasteiger partial charge on any atom is 0.405 e. The number of hydrogen-bond acceptors (Lipinski definition) is 3. The average Bonchev–Trinajstić information content (AvgIpc) is 2.18. The van der Waals surface area contributed by atoms with Crippen LogP contribution in [0.25, 0.3) is 0 Å². The molecule has 7 heteroatoms. The molecule has 1 rings (SSSR count). The summed E-state index contributed by atoms with van der Waals surface area (Å²) in [6, 6.07) is 0. The number of halogens is 3. The van der Waals surface area contributed by atoms with Gasteiger partial charge in [0.15, 0.2) is 0 Å². The van der Waals surface area contributed by atoms with E-state index in [2.05, 4.69) is 5.32 Å². The fourth-order valence-corrected chi connectivity index (χ4v) is 1.69. The highest BCUT2D eigenvalue weighted by molar-refractivity contribution is 5.78. The smallest absolute Gasteiger partial charge is 0.377 e. The number of nitrogens with one attached hydrogen (secondary N) is 2. The van der Waals surface area contributed by atoms with Gasteiger partial charge in [-0.2, -0.15) is 13.2 Å². The lowest BCUT2D eigenvalue weighted by atomic mass is 9.80. The summed E-state index contributed by atoms with van der Waals surface area (Å²) in [5, 5.41) is 4.61. The third-order valence-electron chi connectivity index (χ3n) is 2.92. The standard InChI is InChI=1S/C10H17F3N2O2/c1-17-9(3-2-4-9)6-14-5-8(16)15-7-10(11,12)13/h14H,2-7H2,1H3,(H,15,16). The molecule has 2 N–H and O–H groups in total. The molecule has 0 aromatic heterocycles. The van der Waals surface area contributed by atoms with Gasteiger partial charge in [0.25, 0.3) is 0 Å². The second kappa shape index (κ2) is 5.68. The lowest BCUT2D eigenvalue weighted by Gasteiger charge is -2.40. The first-order chi connectivity index (χ1) is 7.87. The predicted octanol–water partition coefficient (Wildman–Crippen LogP) is 0.824. The van der Waals surface area contributed by atoms with Crippen LogP contribution >= 0.6 is 0 Å². The molecule has 17 heavy (non-hydrogen) atoms. The number of amides is 1.